The van der Waals surface area contributed by atoms with Crippen molar-refractivity contribution in [2.75, 3.05) is 19.7 Å². The molecule has 2 amide bonds. The van der Waals surface area contributed by atoms with E-state index in [0.717, 1.165) is 26.0 Å². The lowest BCUT2D eigenvalue weighted by molar-refractivity contribution is -0.122. The highest BCUT2D eigenvalue weighted by molar-refractivity contribution is 5.94. The maximum Gasteiger partial charge on any atom is 0.254 e. The van der Waals surface area contributed by atoms with Crippen LogP contribution in [0.5, 0.6) is 5.75 Å². The van der Waals surface area contributed by atoms with E-state index in [-0.39, 0.29) is 29.7 Å². The van der Waals surface area contributed by atoms with Crippen LogP contribution in [0.25, 0.3) is 0 Å². The molecular formula is C21H28N2O4. The predicted molar refractivity (Wildman–Crippen MR) is 100 cm³/mol. The number of likely N-dealkylation sites (tertiary alicyclic amines) is 1. The molecule has 4 rings (SSSR count). The summed E-state index contributed by atoms with van der Waals surface area (Å²) in [5.41, 5.74) is 0.522. The van der Waals surface area contributed by atoms with Gasteiger partial charge < -0.3 is 20.1 Å². The van der Waals surface area contributed by atoms with Crippen molar-refractivity contribution < 1.29 is 19.4 Å². The minimum atomic E-state index is -0.0353. The number of aromatic hydroxyl groups is 1. The van der Waals surface area contributed by atoms with Gasteiger partial charge in [0.1, 0.15) is 5.75 Å². The first kappa shape index (κ1) is 18.3. The third-order valence-corrected chi connectivity index (χ3v) is 6.13. The lowest BCUT2D eigenvalue weighted by Crippen LogP contribution is -2.50. The van der Waals surface area contributed by atoms with Crippen LogP contribution >= 0.6 is 0 Å². The number of nitrogens with zero attached hydrogens (tertiary/aromatic N) is 1. The second kappa shape index (κ2) is 7.50. The zero-order chi connectivity index (χ0) is 19.0. The average molecular weight is 372 g/mol. The molecule has 146 valence electrons. The van der Waals surface area contributed by atoms with Gasteiger partial charge in [0, 0.05) is 32.2 Å². The fraction of sp³-hybridized carbons (Fsp3) is 0.619. The van der Waals surface area contributed by atoms with Gasteiger partial charge in [0.05, 0.1) is 12.1 Å². The maximum absolute atomic E-state index is 12.8. The van der Waals surface area contributed by atoms with Crippen molar-refractivity contribution in [2.24, 2.45) is 17.8 Å². The summed E-state index contributed by atoms with van der Waals surface area (Å²) in [4.78, 5) is 26.3. The Morgan fingerprint density at radius 2 is 1.96 bits per heavy atom. The highest BCUT2D eigenvalue weighted by atomic mass is 16.5. The summed E-state index contributed by atoms with van der Waals surface area (Å²) in [6, 6.07) is 6.55. The van der Waals surface area contributed by atoms with Gasteiger partial charge in [0.2, 0.25) is 5.91 Å². The minimum absolute atomic E-state index is 0.0239. The summed E-state index contributed by atoms with van der Waals surface area (Å²) in [5.74, 6) is 1.52. The number of carbonyl (C=O) groups is 2. The van der Waals surface area contributed by atoms with Crippen LogP contribution in [0.1, 0.15) is 43.0 Å². The number of hydrogen-bond donors (Lipinski definition) is 2. The fourth-order valence-corrected chi connectivity index (χ4v) is 4.54. The van der Waals surface area contributed by atoms with E-state index in [1.54, 1.807) is 25.1 Å². The molecule has 3 fully saturated rings. The zero-order valence-corrected chi connectivity index (χ0v) is 15.8. The monoisotopic (exact) mass is 372 g/mol. The van der Waals surface area contributed by atoms with Crippen LogP contribution in [0.4, 0.5) is 0 Å². The van der Waals surface area contributed by atoms with Gasteiger partial charge in [-0.1, -0.05) is 6.07 Å². The van der Waals surface area contributed by atoms with Crippen LogP contribution in [0.2, 0.25) is 0 Å². The first-order valence-corrected chi connectivity index (χ1v) is 9.96. The Hall–Kier alpha value is -2.08. The van der Waals surface area contributed by atoms with E-state index in [1.165, 1.54) is 18.9 Å². The quantitative estimate of drug-likeness (QED) is 0.830. The number of benzene rings is 1. The number of rotatable bonds is 5. The number of nitrogens with one attached hydrogen (secondary N) is 1. The first-order valence-electron chi connectivity index (χ1n) is 9.96. The van der Waals surface area contributed by atoms with Crippen molar-refractivity contribution in [3.05, 3.63) is 29.8 Å². The van der Waals surface area contributed by atoms with Crippen molar-refractivity contribution in [1.82, 2.24) is 10.2 Å². The molecule has 27 heavy (non-hydrogen) atoms. The van der Waals surface area contributed by atoms with Gasteiger partial charge in [-0.15, -0.1) is 0 Å². The molecule has 0 spiro atoms. The van der Waals surface area contributed by atoms with Crippen molar-refractivity contribution in [3.8, 4) is 5.75 Å². The summed E-state index contributed by atoms with van der Waals surface area (Å²) in [7, 11) is 0. The average Bonchev–Trinajstić information content (AvgIpc) is 3.37. The number of phenols is 1. The van der Waals surface area contributed by atoms with Gasteiger partial charge in [-0.2, -0.15) is 0 Å². The number of ether oxygens (including phenoxy) is 1. The van der Waals surface area contributed by atoms with Crippen LogP contribution in [-0.2, 0) is 9.53 Å². The summed E-state index contributed by atoms with van der Waals surface area (Å²) >= 11 is 0. The molecule has 2 N–H and O–H groups in total. The van der Waals surface area contributed by atoms with Crippen molar-refractivity contribution >= 4 is 11.8 Å². The fourth-order valence-electron chi connectivity index (χ4n) is 4.54. The molecule has 0 bridgehead atoms. The molecule has 0 radical (unpaired) electrons. The zero-order valence-electron chi connectivity index (χ0n) is 15.8. The van der Waals surface area contributed by atoms with E-state index in [9.17, 15) is 14.7 Å². The largest absolute Gasteiger partial charge is 0.508 e. The second-order valence-corrected chi connectivity index (χ2v) is 8.37. The molecular weight excluding hydrogens is 344 g/mol. The Morgan fingerprint density at radius 3 is 2.63 bits per heavy atom. The minimum Gasteiger partial charge on any atom is -0.508 e. The number of fused-ring (bicyclic) bond motifs is 1. The highest BCUT2D eigenvalue weighted by Gasteiger charge is 2.44. The summed E-state index contributed by atoms with van der Waals surface area (Å²) in [6.45, 7) is 3.75. The van der Waals surface area contributed by atoms with Crippen molar-refractivity contribution in [1.29, 1.82) is 0 Å². The van der Waals surface area contributed by atoms with Gasteiger partial charge in [-0.25, -0.2) is 0 Å². The molecule has 0 unspecified atom stereocenters. The van der Waals surface area contributed by atoms with E-state index in [0.29, 0.717) is 29.9 Å². The molecule has 1 aliphatic heterocycles. The first-order chi connectivity index (χ1) is 13.0. The molecule has 1 heterocycles. The summed E-state index contributed by atoms with van der Waals surface area (Å²) in [6.07, 6.45) is 4.26. The topological polar surface area (TPSA) is 78.9 Å². The number of hydrogen-bond acceptors (Lipinski definition) is 4. The van der Waals surface area contributed by atoms with E-state index >= 15 is 0 Å². The van der Waals surface area contributed by atoms with Crippen LogP contribution in [0, 0.1) is 17.8 Å². The Labute approximate surface area is 159 Å². The van der Waals surface area contributed by atoms with Gasteiger partial charge in [0.15, 0.2) is 0 Å². The van der Waals surface area contributed by atoms with Crippen molar-refractivity contribution in [2.45, 2.75) is 44.8 Å². The SMILES string of the molecule is CC(=O)N[C@@H]1C[C@@H]2CN(C(=O)c3cccc(O)c3)C[C@@H]2C[C@H]1OCC1CC1. The van der Waals surface area contributed by atoms with Crippen LogP contribution in [0.15, 0.2) is 24.3 Å². The number of amides is 2. The predicted octanol–water partition coefficient (Wildman–Crippen LogP) is 2.17. The van der Waals surface area contributed by atoms with E-state index < -0.39 is 0 Å². The molecule has 6 nitrogen and oxygen atoms in total. The molecule has 1 aromatic rings. The Kier molecular flexibility index (Phi) is 5.08. The highest BCUT2D eigenvalue weighted by Crippen LogP contribution is 2.39. The van der Waals surface area contributed by atoms with Gasteiger partial charge in [-0.05, 0) is 61.6 Å². The normalized spacial score (nSPS) is 30.0. The van der Waals surface area contributed by atoms with Gasteiger partial charge in [0.25, 0.3) is 5.91 Å². The van der Waals surface area contributed by atoms with Gasteiger partial charge in [-0.3, -0.25) is 9.59 Å². The van der Waals surface area contributed by atoms with E-state index in [4.69, 9.17) is 4.74 Å². The molecule has 2 saturated carbocycles. The lowest BCUT2D eigenvalue weighted by Gasteiger charge is -2.38. The third kappa shape index (κ3) is 4.26. The third-order valence-electron chi connectivity index (χ3n) is 6.13. The lowest BCUT2D eigenvalue weighted by atomic mass is 9.77. The molecule has 3 aliphatic rings. The summed E-state index contributed by atoms with van der Waals surface area (Å²) < 4.78 is 6.17. The van der Waals surface area contributed by atoms with Gasteiger partial charge >= 0.3 is 0 Å². The Balaban J connectivity index is 1.42. The molecule has 2 aliphatic carbocycles. The smallest absolute Gasteiger partial charge is 0.254 e. The molecule has 1 aromatic carbocycles. The molecule has 6 heteroatoms. The summed E-state index contributed by atoms with van der Waals surface area (Å²) in [5, 5.41) is 12.7. The Morgan fingerprint density at radius 1 is 1.22 bits per heavy atom. The molecule has 1 saturated heterocycles. The maximum atomic E-state index is 12.8. The standard InChI is InChI=1S/C21H28N2O4/c1-13(24)22-19-8-16-10-23(21(26)15-3-2-4-18(25)7-15)11-17(16)9-20(19)27-12-14-5-6-14/h2-4,7,14,16-17,19-20,25H,5-6,8-12H2,1H3,(H,22,24)/t16-,17+,19-,20-/m1/s1. The number of carbonyl (C=O) groups excluding carboxylic acids is 2. The van der Waals surface area contributed by atoms with E-state index in [2.05, 4.69) is 5.32 Å². The van der Waals surface area contributed by atoms with E-state index in [1.807, 2.05) is 4.90 Å². The molecule has 0 aromatic heterocycles. The second-order valence-electron chi connectivity index (χ2n) is 8.37. The van der Waals surface area contributed by atoms with Crippen LogP contribution in [-0.4, -0.2) is 53.7 Å². The Bertz CT molecular complexity index is 718. The molecule has 4 atom stereocenters. The van der Waals surface area contributed by atoms with Crippen LogP contribution in [0.3, 0.4) is 0 Å². The number of phenolic OH excluding ortho intramolecular Hbond substituents is 1. The van der Waals surface area contributed by atoms with Crippen LogP contribution < -0.4 is 5.32 Å². The van der Waals surface area contributed by atoms with Crippen molar-refractivity contribution in [3.63, 3.8) is 0 Å².